The van der Waals surface area contributed by atoms with Crippen LogP contribution in [-0.2, 0) is 0 Å². The van der Waals surface area contributed by atoms with E-state index in [4.69, 9.17) is 0 Å². The van der Waals surface area contributed by atoms with Crippen LogP contribution in [0, 0.1) is 21.1 Å². The Hall–Kier alpha value is -3.06. The van der Waals surface area contributed by atoms with Crippen molar-refractivity contribution in [3.8, 4) is 16.5 Å². The van der Waals surface area contributed by atoms with Gasteiger partial charge in [0.15, 0.2) is 0 Å². The van der Waals surface area contributed by atoms with Crippen molar-refractivity contribution in [3.05, 3.63) is 68.1 Å². The van der Waals surface area contributed by atoms with Crippen LogP contribution in [0.15, 0.2) is 63.8 Å². The average molecular weight is 466 g/mol. The summed E-state index contributed by atoms with van der Waals surface area (Å²) in [7, 11) is 4.06. The molecule has 0 aliphatic heterocycles. The van der Waals surface area contributed by atoms with Gasteiger partial charge in [-0.2, -0.15) is 15.1 Å². The normalized spacial score (nSPS) is 12.7. The molecule has 0 fully saturated rings. The van der Waals surface area contributed by atoms with Crippen LogP contribution in [0.2, 0.25) is 0 Å². The summed E-state index contributed by atoms with van der Waals surface area (Å²) < 4.78 is 2.94. The van der Waals surface area contributed by atoms with E-state index in [-0.39, 0.29) is 13.1 Å². The standard InChI is InChI=1S/C23H23N5O2S2/c1-15(23(12-24)32-26-14-19(27-30)13-25-29)21-8-9-22(31-21)18-5-4-17-11-20(28(2)3)7-6-16(17)10-18/h4-11,19,26H,13-14H2,1-3H3/b23-15+. The zero-order valence-electron chi connectivity index (χ0n) is 18.0. The highest BCUT2D eigenvalue weighted by atomic mass is 32.2. The summed E-state index contributed by atoms with van der Waals surface area (Å²) in [5, 5.41) is 17.5. The first-order valence-corrected chi connectivity index (χ1v) is 11.5. The summed E-state index contributed by atoms with van der Waals surface area (Å²) in [6, 6.07) is 18.4. The Morgan fingerprint density at radius 1 is 1.16 bits per heavy atom. The van der Waals surface area contributed by atoms with E-state index in [1.54, 1.807) is 11.3 Å². The molecule has 1 atom stereocenters. The summed E-state index contributed by atoms with van der Waals surface area (Å²) in [6.07, 6.45) is 0. The molecule has 1 aromatic heterocycles. The quantitative estimate of drug-likeness (QED) is 0.223. The van der Waals surface area contributed by atoms with Gasteiger partial charge in [-0.15, -0.1) is 11.3 Å². The van der Waals surface area contributed by atoms with Gasteiger partial charge in [-0.25, -0.2) is 0 Å². The van der Waals surface area contributed by atoms with Crippen molar-refractivity contribution >= 4 is 45.3 Å². The van der Waals surface area contributed by atoms with Gasteiger partial charge in [0.1, 0.15) is 23.6 Å². The Balaban J connectivity index is 1.78. The molecular weight excluding hydrogens is 442 g/mol. The van der Waals surface area contributed by atoms with Crippen molar-refractivity contribution < 1.29 is 0 Å². The van der Waals surface area contributed by atoms with Crippen molar-refractivity contribution in [3.63, 3.8) is 0 Å². The minimum atomic E-state index is -0.740. The van der Waals surface area contributed by atoms with Crippen LogP contribution in [-0.4, -0.2) is 33.2 Å². The van der Waals surface area contributed by atoms with Crippen molar-refractivity contribution in [2.24, 2.45) is 10.4 Å². The minimum Gasteiger partial charge on any atom is -0.378 e. The number of nitriles is 1. The molecule has 164 valence electrons. The Morgan fingerprint density at radius 3 is 2.59 bits per heavy atom. The average Bonchev–Trinajstić information content (AvgIpc) is 3.30. The predicted molar refractivity (Wildman–Crippen MR) is 136 cm³/mol. The SMILES string of the molecule is C/C(=C(/C#N)SNCC(CN=O)N=O)c1ccc(-c2ccc3cc(N(C)C)ccc3c2)s1. The summed E-state index contributed by atoms with van der Waals surface area (Å²) in [5.41, 5.74) is 3.14. The van der Waals surface area contributed by atoms with Gasteiger partial charge >= 0.3 is 0 Å². The zero-order chi connectivity index (χ0) is 23.1. The maximum atomic E-state index is 10.7. The molecule has 0 bridgehead atoms. The fourth-order valence-corrected chi connectivity index (χ4v) is 4.89. The van der Waals surface area contributed by atoms with Crippen LogP contribution >= 0.6 is 23.3 Å². The van der Waals surface area contributed by atoms with Crippen LogP contribution in [0.25, 0.3) is 26.8 Å². The van der Waals surface area contributed by atoms with Crippen molar-refractivity contribution in [2.75, 3.05) is 32.1 Å². The van der Waals surface area contributed by atoms with Gasteiger partial charge in [-0.05, 0) is 71.1 Å². The van der Waals surface area contributed by atoms with E-state index < -0.39 is 6.04 Å². The van der Waals surface area contributed by atoms with Gasteiger partial charge in [-0.1, -0.05) is 28.6 Å². The first kappa shape index (κ1) is 23.6. The van der Waals surface area contributed by atoms with Gasteiger partial charge < -0.3 is 4.90 Å². The van der Waals surface area contributed by atoms with Crippen LogP contribution in [0.4, 0.5) is 5.69 Å². The van der Waals surface area contributed by atoms with E-state index in [1.807, 2.05) is 27.1 Å². The molecule has 0 radical (unpaired) electrons. The Kier molecular flexibility index (Phi) is 8.11. The first-order valence-electron chi connectivity index (χ1n) is 9.90. The molecule has 0 saturated heterocycles. The smallest absolute Gasteiger partial charge is 0.128 e. The highest BCUT2D eigenvalue weighted by molar-refractivity contribution is 8.01. The number of allylic oxidation sites excluding steroid dienone is 2. The van der Waals surface area contributed by atoms with Gasteiger partial charge in [0.2, 0.25) is 0 Å². The third kappa shape index (κ3) is 5.59. The van der Waals surface area contributed by atoms with Gasteiger partial charge in [-0.3, -0.25) is 4.72 Å². The lowest BCUT2D eigenvalue weighted by Gasteiger charge is -2.13. The molecule has 3 aromatic rings. The number of hydrogen-bond acceptors (Lipinski definition) is 9. The van der Waals surface area contributed by atoms with Crippen LogP contribution in [0.5, 0.6) is 0 Å². The molecule has 0 amide bonds. The zero-order valence-corrected chi connectivity index (χ0v) is 19.7. The number of benzene rings is 2. The largest absolute Gasteiger partial charge is 0.378 e. The molecule has 32 heavy (non-hydrogen) atoms. The number of nitroso groups, excluding NO2 is 2. The molecule has 0 spiro atoms. The van der Waals surface area contributed by atoms with Crippen molar-refractivity contribution in [2.45, 2.75) is 13.0 Å². The Labute approximate surface area is 195 Å². The summed E-state index contributed by atoms with van der Waals surface area (Å²) in [5.74, 6) is 0. The van der Waals surface area contributed by atoms with Crippen molar-refractivity contribution in [1.29, 1.82) is 5.26 Å². The molecule has 3 rings (SSSR count). The summed E-state index contributed by atoms with van der Waals surface area (Å²) in [4.78, 5) is 25.7. The first-order chi connectivity index (χ1) is 15.5. The predicted octanol–water partition coefficient (Wildman–Crippen LogP) is 6.03. The molecule has 0 aliphatic rings. The molecular formula is C23H23N5O2S2. The lowest BCUT2D eigenvalue weighted by Crippen LogP contribution is -2.22. The number of thiophene rings is 1. The third-order valence-corrected chi connectivity index (χ3v) is 7.14. The monoisotopic (exact) mass is 465 g/mol. The molecule has 0 saturated carbocycles. The molecule has 9 heteroatoms. The molecule has 2 aromatic carbocycles. The van der Waals surface area contributed by atoms with Gasteiger partial charge in [0.25, 0.3) is 0 Å². The van der Waals surface area contributed by atoms with Gasteiger partial charge in [0.05, 0.1) is 0 Å². The second kappa shape index (κ2) is 11.0. The van der Waals surface area contributed by atoms with E-state index in [0.717, 1.165) is 38.5 Å². The molecule has 0 aliphatic carbocycles. The topological polar surface area (TPSA) is 97.9 Å². The second-order valence-corrected chi connectivity index (χ2v) is 9.38. The number of hydrogen-bond donors (Lipinski definition) is 1. The van der Waals surface area contributed by atoms with E-state index in [0.29, 0.717) is 4.91 Å². The second-order valence-electron chi connectivity index (χ2n) is 7.39. The van der Waals surface area contributed by atoms with E-state index in [1.165, 1.54) is 10.8 Å². The Bertz CT molecular complexity index is 1200. The van der Waals surface area contributed by atoms with E-state index in [9.17, 15) is 15.1 Å². The number of nitrogens with one attached hydrogen (secondary N) is 1. The highest BCUT2D eigenvalue weighted by Gasteiger charge is 2.13. The third-order valence-electron chi connectivity index (χ3n) is 4.97. The minimum absolute atomic E-state index is 0.167. The maximum Gasteiger partial charge on any atom is 0.128 e. The molecule has 1 N–H and O–H groups in total. The number of nitrogens with zero attached hydrogens (tertiary/aromatic N) is 4. The van der Waals surface area contributed by atoms with E-state index in [2.05, 4.69) is 68.5 Å². The van der Waals surface area contributed by atoms with Crippen molar-refractivity contribution in [1.82, 2.24) is 4.72 Å². The lowest BCUT2D eigenvalue weighted by molar-refractivity contribution is 0.667. The molecule has 1 heterocycles. The fourth-order valence-electron chi connectivity index (χ4n) is 3.09. The molecule has 1 unspecified atom stereocenters. The highest BCUT2D eigenvalue weighted by Crippen LogP contribution is 2.36. The lowest BCUT2D eigenvalue weighted by atomic mass is 10.1. The number of anilines is 1. The summed E-state index contributed by atoms with van der Waals surface area (Å²) >= 11 is 2.76. The fraction of sp³-hybridized carbons (Fsp3) is 0.261. The summed E-state index contributed by atoms with van der Waals surface area (Å²) in [6.45, 7) is 1.88. The van der Waals surface area contributed by atoms with E-state index >= 15 is 0 Å². The van der Waals surface area contributed by atoms with Crippen LogP contribution in [0.3, 0.4) is 0 Å². The number of rotatable bonds is 10. The van der Waals surface area contributed by atoms with Crippen LogP contribution in [0.1, 0.15) is 11.8 Å². The maximum absolute atomic E-state index is 10.7. The van der Waals surface area contributed by atoms with Gasteiger partial charge in [0, 0.05) is 36.1 Å². The molecule has 7 nitrogen and oxygen atoms in total. The number of fused-ring (bicyclic) bond motifs is 1. The van der Waals surface area contributed by atoms with Crippen LogP contribution < -0.4 is 9.62 Å². The Morgan fingerprint density at radius 2 is 1.91 bits per heavy atom.